The van der Waals surface area contributed by atoms with Crippen LogP contribution in [-0.4, -0.2) is 33.9 Å². The molecule has 2 saturated heterocycles. The average Bonchev–Trinajstić information content (AvgIpc) is 3.11. The molecule has 1 amide bonds. The molecule has 3 atom stereocenters. The fraction of sp³-hybridized carbons (Fsp3) is 0.353. The topological polar surface area (TPSA) is 89.0 Å². The van der Waals surface area contributed by atoms with Gasteiger partial charge in [0, 0.05) is 15.9 Å². The van der Waals surface area contributed by atoms with Crippen molar-refractivity contribution in [2.24, 2.45) is 0 Å². The number of carbonyl (C=O) groups is 1. The number of pyridine rings is 1. The van der Waals surface area contributed by atoms with Crippen LogP contribution in [0.5, 0.6) is 0 Å². The lowest BCUT2D eigenvalue weighted by Gasteiger charge is -2.21. The van der Waals surface area contributed by atoms with Crippen molar-refractivity contribution in [2.75, 3.05) is 0 Å². The lowest BCUT2D eigenvalue weighted by atomic mass is 9.95. The maximum atomic E-state index is 12.5. The number of fused-ring (bicyclic) bond motifs is 3. The number of aromatic nitrogens is 1. The van der Waals surface area contributed by atoms with Crippen molar-refractivity contribution in [3.05, 3.63) is 44.8 Å². The van der Waals surface area contributed by atoms with E-state index in [-0.39, 0.29) is 35.3 Å². The summed E-state index contributed by atoms with van der Waals surface area (Å²) in [5.41, 5.74) is -0.0355. The number of carbonyl (C=O) groups excluding carboxylic acids is 1. The number of nitrogens with one attached hydrogen (secondary N) is 2. The van der Waals surface area contributed by atoms with Crippen LogP contribution in [0.15, 0.2) is 33.5 Å². The predicted molar refractivity (Wildman–Crippen MR) is 92.4 cm³/mol. The smallest absolute Gasteiger partial charge is 0.268 e. The van der Waals surface area contributed by atoms with E-state index < -0.39 is 0 Å². The van der Waals surface area contributed by atoms with Crippen LogP contribution < -0.4 is 10.9 Å². The molecule has 7 heteroatoms. The Morgan fingerprint density at radius 3 is 2.96 bits per heavy atom. The fourth-order valence-electron chi connectivity index (χ4n) is 3.90. The zero-order valence-corrected chi connectivity index (χ0v) is 14.3. The van der Waals surface area contributed by atoms with Gasteiger partial charge in [0.15, 0.2) is 6.19 Å². The molecule has 6 nitrogen and oxygen atoms in total. The van der Waals surface area contributed by atoms with E-state index in [1.54, 1.807) is 23.1 Å². The first kappa shape index (κ1) is 15.2. The lowest BCUT2D eigenvalue weighted by Crippen LogP contribution is -2.43. The number of benzene rings is 1. The Labute approximate surface area is 146 Å². The number of rotatable bonds is 2. The van der Waals surface area contributed by atoms with Crippen molar-refractivity contribution in [3.63, 3.8) is 0 Å². The standard InChI is InChI=1S/C17H15BrN4O2/c18-10-2-1-9-5-14(21-16(23)12(9)6-10)17(24)20-13-7-11-3-4-15(13)22(11)8-19/h1-2,5-6,11,13,15H,3-4,7H2,(H,20,24)(H,21,23)/t11-,13+,15+/m0/s1. The Bertz CT molecular complexity index is 932. The number of amides is 1. The summed E-state index contributed by atoms with van der Waals surface area (Å²) in [6.07, 6.45) is 4.94. The molecule has 3 heterocycles. The third kappa shape index (κ3) is 2.38. The highest BCUT2D eigenvalue weighted by Gasteiger charge is 2.46. The molecule has 0 spiro atoms. The number of hydrogen-bond donors (Lipinski definition) is 2. The van der Waals surface area contributed by atoms with Gasteiger partial charge in [0.2, 0.25) is 0 Å². The molecule has 2 aliphatic rings. The van der Waals surface area contributed by atoms with Gasteiger partial charge in [-0.2, -0.15) is 5.26 Å². The van der Waals surface area contributed by atoms with Crippen LogP contribution in [-0.2, 0) is 0 Å². The second-order valence-corrected chi connectivity index (χ2v) is 7.28. The summed E-state index contributed by atoms with van der Waals surface area (Å²) in [6, 6.07) is 7.33. The molecule has 0 saturated carbocycles. The Morgan fingerprint density at radius 2 is 2.21 bits per heavy atom. The number of halogens is 1. The lowest BCUT2D eigenvalue weighted by molar-refractivity contribution is 0.0923. The van der Waals surface area contributed by atoms with Gasteiger partial charge in [-0.25, -0.2) is 0 Å². The van der Waals surface area contributed by atoms with E-state index in [1.165, 1.54) is 0 Å². The van der Waals surface area contributed by atoms with Crippen molar-refractivity contribution in [3.8, 4) is 6.19 Å². The van der Waals surface area contributed by atoms with Gasteiger partial charge in [0.25, 0.3) is 11.5 Å². The molecule has 2 N–H and O–H groups in total. The number of aromatic amines is 1. The first-order valence-electron chi connectivity index (χ1n) is 7.88. The molecule has 0 aliphatic carbocycles. The van der Waals surface area contributed by atoms with E-state index in [4.69, 9.17) is 0 Å². The van der Waals surface area contributed by atoms with E-state index in [0.717, 1.165) is 29.1 Å². The van der Waals surface area contributed by atoms with E-state index in [2.05, 4.69) is 32.4 Å². The van der Waals surface area contributed by atoms with Crippen molar-refractivity contribution >= 4 is 32.6 Å². The highest BCUT2D eigenvalue weighted by atomic mass is 79.9. The third-order valence-corrected chi connectivity index (χ3v) is 5.51. The summed E-state index contributed by atoms with van der Waals surface area (Å²) in [4.78, 5) is 29.2. The van der Waals surface area contributed by atoms with Gasteiger partial charge in [-0.3, -0.25) is 9.59 Å². The summed E-state index contributed by atoms with van der Waals surface area (Å²) < 4.78 is 0.816. The van der Waals surface area contributed by atoms with Gasteiger partial charge in [-0.15, -0.1) is 0 Å². The van der Waals surface area contributed by atoms with Crippen LogP contribution in [0, 0.1) is 11.5 Å². The molecule has 0 radical (unpaired) electrons. The first-order valence-corrected chi connectivity index (χ1v) is 8.67. The zero-order chi connectivity index (χ0) is 16.8. The number of H-pyrrole nitrogens is 1. The number of nitriles is 1. The molecule has 24 heavy (non-hydrogen) atoms. The first-order chi connectivity index (χ1) is 11.6. The van der Waals surface area contributed by atoms with Crippen LogP contribution in [0.2, 0.25) is 0 Å². The summed E-state index contributed by atoms with van der Waals surface area (Å²) in [6.45, 7) is 0. The predicted octanol–water partition coefficient (Wildman–Crippen LogP) is 2.11. The van der Waals surface area contributed by atoms with E-state index in [9.17, 15) is 14.9 Å². The molecule has 122 valence electrons. The molecule has 1 aromatic heterocycles. The van der Waals surface area contributed by atoms with Crippen molar-refractivity contribution in [2.45, 2.75) is 37.4 Å². The molecule has 2 fully saturated rings. The minimum atomic E-state index is -0.299. The molecule has 0 unspecified atom stereocenters. The molecule has 1 aromatic carbocycles. The van der Waals surface area contributed by atoms with Crippen molar-refractivity contribution < 1.29 is 4.79 Å². The summed E-state index contributed by atoms with van der Waals surface area (Å²) in [5, 5.41) is 13.4. The van der Waals surface area contributed by atoms with Gasteiger partial charge in [-0.05, 0) is 42.8 Å². The van der Waals surface area contributed by atoms with Crippen LogP contribution in [0.1, 0.15) is 29.8 Å². The summed E-state index contributed by atoms with van der Waals surface area (Å²) in [7, 11) is 0. The quantitative estimate of drug-likeness (QED) is 0.773. The van der Waals surface area contributed by atoms with Crippen molar-refractivity contribution in [1.29, 1.82) is 5.26 Å². The highest BCUT2D eigenvalue weighted by Crippen LogP contribution is 2.37. The zero-order valence-electron chi connectivity index (χ0n) is 12.8. The normalized spacial score (nSPS) is 25.0. The van der Waals surface area contributed by atoms with Crippen LogP contribution in [0.25, 0.3) is 10.8 Å². The van der Waals surface area contributed by atoms with E-state index in [0.29, 0.717) is 5.39 Å². The SMILES string of the molecule is N#CN1[C@H]2CC[C@@H]1[C@H](NC(=O)c1cc3ccc(Br)cc3c(=O)[nH]1)C2. The van der Waals surface area contributed by atoms with Gasteiger partial charge >= 0.3 is 0 Å². The Hall–Kier alpha value is -2.33. The Balaban J connectivity index is 1.60. The van der Waals surface area contributed by atoms with Gasteiger partial charge in [0.1, 0.15) is 5.69 Å². The molecular weight excluding hydrogens is 372 g/mol. The molecule has 2 aromatic rings. The van der Waals surface area contributed by atoms with Crippen LogP contribution >= 0.6 is 15.9 Å². The molecule has 2 aliphatic heterocycles. The fourth-order valence-corrected chi connectivity index (χ4v) is 4.26. The van der Waals surface area contributed by atoms with Gasteiger partial charge in [-0.1, -0.05) is 22.0 Å². The van der Waals surface area contributed by atoms with Crippen molar-refractivity contribution in [1.82, 2.24) is 15.2 Å². The second-order valence-electron chi connectivity index (χ2n) is 6.37. The maximum Gasteiger partial charge on any atom is 0.268 e. The number of nitrogens with zero attached hydrogens (tertiary/aromatic N) is 2. The Kier molecular flexibility index (Phi) is 3.57. The van der Waals surface area contributed by atoms with Gasteiger partial charge < -0.3 is 15.2 Å². The molecular formula is C17H15BrN4O2. The molecule has 4 rings (SSSR count). The highest BCUT2D eigenvalue weighted by molar-refractivity contribution is 9.10. The number of hydrogen-bond acceptors (Lipinski definition) is 4. The monoisotopic (exact) mass is 386 g/mol. The average molecular weight is 387 g/mol. The summed E-state index contributed by atoms with van der Waals surface area (Å²) in [5.74, 6) is -0.299. The maximum absolute atomic E-state index is 12.5. The van der Waals surface area contributed by atoms with Crippen LogP contribution in [0.3, 0.4) is 0 Å². The summed E-state index contributed by atoms with van der Waals surface area (Å²) >= 11 is 3.34. The second kappa shape index (κ2) is 5.64. The Morgan fingerprint density at radius 1 is 1.38 bits per heavy atom. The third-order valence-electron chi connectivity index (χ3n) is 5.02. The largest absolute Gasteiger partial charge is 0.346 e. The van der Waals surface area contributed by atoms with E-state index in [1.807, 2.05) is 6.07 Å². The molecule has 2 bridgehead atoms. The minimum absolute atomic E-state index is 0.0417. The minimum Gasteiger partial charge on any atom is -0.346 e. The van der Waals surface area contributed by atoms with E-state index >= 15 is 0 Å². The van der Waals surface area contributed by atoms with Gasteiger partial charge in [0.05, 0.1) is 12.1 Å². The van der Waals surface area contributed by atoms with Crippen LogP contribution in [0.4, 0.5) is 0 Å².